The number of aromatic nitrogens is 2. The summed E-state index contributed by atoms with van der Waals surface area (Å²) >= 11 is 6.44. The average Bonchev–Trinajstić information content (AvgIpc) is 3.32. The zero-order valence-electron chi connectivity index (χ0n) is 23.2. The van der Waals surface area contributed by atoms with Crippen LogP contribution in [-0.4, -0.2) is 67.6 Å². The molecule has 10 nitrogen and oxygen atoms in total. The molecule has 1 heterocycles. The number of carbonyl (C=O) groups is 2. The van der Waals surface area contributed by atoms with Crippen molar-refractivity contribution in [2.45, 2.75) is 32.6 Å². The molecule has 0 aliphatic heterocycles. The first-order valence-electron chi connectivity index (χ1n) is 12.5. The van der Waals surface area contributed by atoms with Crippen molar-refractivity contribution in [3.8, 4) is 17.2 Å². The van der Waals surface area contributed by atoms with Gasteiger partial charge in [-0.3, -0.25) is 4.79 Å². The van der Waals surface area contributed by atoms with Crippen molar-refractivity contribution >= 4 is 35.0 Å². The molecule has 0 saturated heterocycles. The molecule has 0 aliphatic carbocycles. The Morgan fingerprint density at radius 2 is 1.67 bits per heavy atom. The Morgan fingerprint density at radius 1 is 1.00 bits per heavy atom. The van der Waals surface area contributed by atoms with E-state index in [2.05, 4.69) is 10.6 Å². The molecule has 2 aromatic carbocycles. The van der Waals surface area contributed by atoms with Gasteiger partial charge in [0.25, 0.3) is 0 Å². The Labute approximate surface area is 234 Å². The van der Waals surface area contributed by atoms with Crippen molar-refractivity contribution in [1.82, 2.24) is 14.7 Å². The van der Waals surface area contributed by atoms with Crippen molar-refractivity contribution in [3.05, 3.63) is 59.2 Å². The number of nitrogens with one attached hydrogen (secondary N) is 2. The lowest BCUT2D eigenvalue weighted by Crippen LogP contribution is -2.41. The van der Waals surface area contributed by atoms with Gasteiger partial charge in [0.2, 0.25) is 5.91 Å². The molecule has 3 aromatic rings. The molecule has 0 unspecified atom stereocenters. The summed E-state index contributed by atoms with van der Waals surface area (Å²) < 4.78 is 17.3. The fourth-order valence-corrected chi connectivity index (χ4v) is 3.95. The number of anilines is 2. The summed E-state index contributed by atoms with van der Waals surface area (Å²) in [6, 6.07) is 13.7. The van der Waals surface area contributed by atoms with Gasteiger partial charge in [-0.05, 0) is 18.6 Å². The molecular formula is C28H36ClN5O5. The highest BCUT2D eigenvalue weighted by Crippen LogP contribution is 2.29. The van der Waals surface area contributed by atoms with Crippen LogP contribution in [0.3, 0.4) is 0 Å². The summed E-state index contributed by atoms with van der Waals surface area (Å²) in [5.74, 6) is 1.11. The van der Waals surface area contributed by atoms with Crippen molar-refractivity contribution in [2.24, 2.45) is 0 Å². The van der Waals surface area contributed by atoms with Crippen molar-refractivity contribution < 1.29 is 23.8 Å². The topological polar surface area (TPSA) is 107 Å². The van der Waals surface area contributed by atoms with Crippen LogP contribution in [0.2, 0.25) is 5.02 Å². The number of benzene rings is 2. The van der Waals surface area contributed by atoms with Gasteiger partial charge in [0.15, 0.2) is 0 Å². The molecular weight excluding hydrogens is 522 g/mol. The molecule has 11 heteroatoms. The third-order valence-corrected chi connectivity index (χ3v) is 6.15. The molecule has 1 aromatic heterocycles. The van der Waals surface area contributed by atoms with Crippen molar-refractivity contribution in [2.75, 3.05) is 51.7 Å². The van der Waals surface area contributed by atoms with Gasteiger partial charge in [-0.15, -0.1) is 0 Å². The minimum absolute atomic E-state index is 0.199. The van der Waals surface area contributed by atoms with Gasteiger partial charge in [-0.25, -0.2) is 9.48 Å². The number of hydrogen-bond acceptors (Lipinski definition) is 6. The zero-order valence-corrected chi connectivity index (χ0v) is 24.0. The Hall–Kier alpha value is -3.76. The highest BCUT2D eigenvalue weighted by molar-refractivity contribution is 6.32. The van der Waals surface area contributed by atoms with Gasteiger partial charge in [0.05, 0.1) is 30.6 Å². The monoisotopic (exact) mass is 557 g/mol. The van der Waals surface area contributed by atoms with E-state index >= 15 is 0 Å². The molecule has 210 valence electrons. The number of nitrogens with zero attached hydrogens (tertiary/aromatic N) is 3. The maximum atomic E-state index is 13.3. The molecule has 0 spiro atoms. The van der Waals surface area contributed by atoms with Crippen molar-refractivity contribution in [3.63, 3.8) is 0 Å². The molecule has 0 aliphatic rings. The largest absolute Gasteiger partial charge is 0.497 e. The number of methoxy groups -OCH3 is 3. The minimum Gasteiger partial charge on any atom is -0.497 e. The highest BCUT2D eigenvalue weighted by Gasteiger charge is 2.24. The second kappa shape index (κ2) is 13.3. The third kappa shape index (κ3) is 8.11. The van der Waals surface area contributed by atoms with E-state index in [0.29, 0.717) is 53.3 Å². The maximum Gasteiger partial charge on any atom is 0.322 e. The van der Waals surface area contributed by atoms with Crippen LogP contribution in [0.4, 0.5) is 16.3 Å². The van der Waals surface area contributed by atoms with Gasteiger partial charge < -0.3 is 29.7 Å². The summed E-state index contributed by atoms with van der Waals surface area (Å²) in [7, 11) is 4.64. The Balaban J connectivity index is 1.83. The van der Waals surface area contributed by atoms with Gasteiger partial charge >= 0.3 is 6.03 Å². The van der Waals surface area contributed by atoms with E-state index in [1.807, 2.05) is 45.0 Å². The first-order chi connectivity index (χ1) is 18.5. The van der Waals surface area contributed by atoms with Crippen LogP contribution in [0.5, 0.6) is 11.5 Å². The molecule has 39 heavy (non-hydrogen) atoms. The predicted octanol–water partition coefficient (Wildman–Crippen LogP) is 5.35. The first-order valence-corrected chi connectivity index (χ1v) is 12.9. The van der Waals surface area contributed by atoms with Crippen LogP contribution in [0.25, 0.3) is 5.69 Å². The van der Waals surface area contributed by atoms with Crippen LogP contribution in [0.15, 0.2) is 48.5 Å². The standard InChI is InChI=1S/C28H36ClN5O5/c1-28(2,3)24-17-25(34(32-24)23-11-8-7-10-22(23)29)31-26(35)18-33(12-9-13-37-4)27(36)30-19-14-20(38-5)16-21(15-19)39-6/h7-8,10-11,14-17H,9,12-13,18H2,1-6H3,(H,30,36)(H,31,35). The van der Waals surface area contributed by atoms with E-state index < -0.39 is 6.03 Å². The van der Waals surface area contributed by atoms with Crippen LogP contribution in [0.1, 0.15) is 32.9 Å². The lowest BCUT2D eigenvalue weighted by Gasteiger charge is -2.23. The highest BCUT2D eigenvalue weighted by atomic mass is 35.5. The Morgan fingerprint density at radius 3 is 2.26 bits per heavy atom. The zero-order chi connectivity index (χ0) is 28.6. The van der Waals surface area contributed by atoms with E-state index in [0.717, 1.165) is 5.69 Å². The lowest BCUT2D eigenvalue weighted by molar-refractivity contribution is -0.116. The molecule has 0 atom stereocenters. The second-order valence-electron chi connectivity index (χ2n) is 9.88. The van der Waals surface area contributed by atoms with Crippen molar-refractivity contribution in [1.29, 1.82) is 0 Å². The van der Waals surface area contributed by atoms with Crippen LogP contribution >= 0.6 is 11.6 Å². The number of para-hydroxylation sites is 1. The number of ether oxygens (including phenoxy) is 3. The summed E-state index contributed by atoms with van der Waals surface area (Å²) in [6.07, 6.45) is 0.546. The van der Waals surface area contributed by atoms with E-state index in [1.54, 1.807) is 36.1 Å². The summed E-state index contributed by atoms with van der Waals surface area (Å²) in [4.78, 5) is 27.9. The van der Waals surface area contributed by atoms with E-state index in [4.69, 9.17) is 30.9 Å². The van der Waals surface area contributed by atoms with Crippen LogP contribution < -0.4 is 20.1 Å². The lowest BCUT2D eigenvalue weighted by atomic mass is 9.92. The maximum absolute atomic E-state index is 13.3. The van der Waals surface area contributed by atoms with Gasteiger partial charge in [0, 0.05) is 55.6 Å². The molecule has 0 fully saturated rings. The Kier molecular flexibility index (Phi) is 10.2. The van der Waals surface area contributed by atoms with Gasteiger partial charge in [-0.1, -0.05) is 44.5 Å². The number of urea groups is 1. The van der Waals surface area contributed by atoms with E-state index in [1.165, 1.54) is 19.1 Å². The molecule has 2 N–H and O–H groups in total. The second-order valence-corrected chi connectivity index (χ2v) is 10.3. The number of amides is 3. The summed E-state index contributed by atoms with van der Waals surface area (Å²) in [5.41, 5.74) is 1.61. The summed E-state index contributed by atoms with van der Waals surface area (Å²) in [6.45, 7) is 6.64. The molecule has 3 amide bonds. The van der Waals surface area contributed by atoms with E-state index in [9.17, 15) is 9.59 Å². The first kappa shape index (κ1) is 29.8. The third-order valence-electron chi connectivity index (χ3n) is 5.83. The predicted molar refractivity (Wildman–Crippen MR) is 153 cm³/mol. The Bertz CT molecular complexity index is 1270. The smallest absolute Gasteiger partial charge is 0.322 e. The van der Waals surface area contributed by atoms with Crippen LogP contribution in [-0.2, 0) is 14.9 Å². The van der Waals surface area contributed by atoms with Gasteiger partial charge in [0.1, 0.15) is 23.9 Å². The number of rotatable bonds is 11. The molecule has 0 radical (unpaired) electrons. The SMILES string of the molecule is COCCCN(CC(=O)Nc1cc(C(C)(C)C)nn1-c1ccccc1Cl)C(=O)Nc1cc(OC)cc(OC)c1. The average molecular weight is 558 g/mol. The fourth-order valence-electron chi connectivity index (χ4n) is 3.73. The van der Waals surface area contributed by atoms with Gasteiger partial charge in [-0.2, -0.15) is 5.10 Å². The summed E-state index contributed by atoms with van der Waals surface area (Å²) in [5, 5.41) is 10.9. The number of carbonyl (C=O) groups excluding carboxylic acids is 2. The van der Waals surface area contributed by atoms with E-state index in [-0.39, 0.29) is 17.9 Å². The van der Waals surface area contributed by atoms with Crippen LogP contribution in [0, 0.1) is 0 Å². The molecule has 0 saturated carbocycles. The quantitative estimate of drug-likeness (QED) is 0.308. The molecule has 3 rings (SSSR count). The minimum atomic E-state index is -0.452. The fraction of sp³-hybridized carbons (Fsp3) is 0.393. The number of halogens is 1. The molecule has 0 bridgehead atoms. The normalized spacial score (nSPS) is 11.2. The number of hydrogen-bond donors (Lipinski definition) is 2.